The van der Waals surface area contributed by atoms with Crippen LogP contribution in [0.15, 0.2) is 52.0 Å². The Kier molecular flexibility index (Phi) is 4.94. The standard InChI is InChI=1S/C18H15N3OS2/c1-2-21-17(22)16(11-20-14-6-4-3-5-7-14)24-18(21)15(10-19)13-8-9-23-12-13/h3-9,11-12,20H,2H2,1H3. The van der Waals surface area contributed by atoms with Crippen LogP contribution in [-0.2, 0) is 6.54 Å². The Morgan fingerprint density at radius 2 is 2.12 bits per heavy atom. The highest BCUT2D eigenvalue weighted by molar-refractivity contribution is 7.08. The van der Waals surface area contributed by atoms with Crippen LogP contribution in [0.2, 0.25) is 0 Å². The second-order valence-corrected chi connectivity index (χ2v) is 6.79. The van der Waals surface area contributed by atoms with E-state index in [4.69, 9.17) is 0 Å². The zero-order valence-corrected chi connectivity index (χ0v) is 14.7. The number of thiophene rings is 1. The molecule has 2 heterocycles. The van der Waals surface area contributed by atoms with Gasteiger partial charge in [-0.2, -0.15) is 16.6 Å². The van der Waals surface area contributed by atoms with Gasteiger partial charge in [0.05, 0.1) is 5.57 Å². The fourth-order valence-corrected chi connectivity index (χ4v) is 4.08. The first-order chi connectivity index (χ1) is 11.7. The highest BCUT2D eigenvalue weighted by Crippen LogP contribution is 2.14. The summed E-state index contributed by atoms with van der Waals surface area (Å²) < 4.78 is 2.93. The summed E-state index contributed by atoms with van der Waals surface area (Å²) in [5.74, 6) is 0. The summed E-state index contributed by atoms with van der Waals surface area (Å²) in [5, 5.41) is 16.6. The van der Waals surface area contributed by atoms with Crippen molar-refractivity contribution < 1.29 is 0 Å². The van der Waals surface area contributed by atoms with Crippen molar-refractivity contribution in [1.82, 2.24) is 4.57 Å². The Bertz CT molecular complexity index is 1040. The molecule has 0 spiro atoms. The van der Waals surface area contributed by atoms with Gasteiger partial charge in [0.1, 0.15) is 15.3 Å². The largest absolute Gasteiger partial charge is 0.360 e. The number of para-hydroxylation sites is 1. The molecule has 0 unspecified atom stereocenters. The molecule has 3 aromatic rings. The molecule has 1 aromatic carbocycles. The summed E-state index contributed by atoms with van der Waals surface area (Å²) in [6.07, 6.45) is 1.71. The molecule has 24 heavy (non-hydrogen) atoms. The van der Waals surface area contributed by atoms with Crippen molar-refractivity contribution in [2.75, 3.05) is 5.32 Å². The quantitative estimate of drug-likeness (QED) is 0.784. The summed E-state index contributed by atoms with van der Waals surface area (Å²) in [6, 6.07) is 13.8. The topological polar surface area (TPSA) is 57.8 Å². The maximum absolute atomic E-state index is 12.6. The van der Waals surface area contributed by atoms with Gasteiger partial charge in [0.25, 0.3) is 5.56 Å². The zero-order chi connectivity index (χ0) is 16.9. The lowest BCUT2D eigenvalue weighted by Gasteiger charge is -1.97. The van der Waals surface area contributed by atoms with E-state index in [1.807, 2.05) is 54.1 Å². The molecule has 4 nitrogen and oxygen atoms in total. The third kappa shape index (κ3) is 3.18. The molecule has 6 heteroatoms. The van der Waals surface area contributed by atoms with E-state index in [-0.39, 0.29) is 5.56 Å². The molecule has 0 atom stereocenters. The van der Waals surface area contributed by atoms with Crippen LogP contribution >= 0.6 is 22.7 Å². The first-order valence-corrected chi connectivity index (χ1v) is 9.19. The normalized spacial score (nSPS) is 12.8. The molecule has 0 amide bonds. The van der Waals surface area contributed by atoms with Gasteiger partial charge in [-0.15, -0.1) is 11.3 Å². The first-order valence-electron chi connectivity index (χ1n) is 7.43. The van der Waals surface area contributed by atoms with Crippen LogP contribution in [0.4, 0.5) is 5.69 Å². The lowest BCUT2D eigenvalue weighted by atomic mass is 10.2. The molecule has 0 aliphatic carbocycles. The van der Waals surface area contributed by atoms with Crippen molar-refractivity contribution in [3.63, 3.8) is 0 Å². The molecule has 1 N–H and O–H groups in total. The Morgan fingerprint density at radius 1 is 1.33 bits per heavy atom. The van der Waals surface area contributed by atoms with E-state index in [0.29, 0.717) is 21.3 Å². The first kappa shape index (κ1) is 16.2. The third-order valence-corrected chi connectivity index (χ3v) is 5.32. The van der Waals surface area contributed by atoms with Gasteiger partial charge in [0, 0.05) is 24.0 Å². The minimum Gasteiger partial charge on any atom is -0.360 e. The van der Waals surface area contributed by atoms with Gasteiger partial charge in [-0.1, -0.05) is 18.2 Å². The average Bonchev–Trinajstić information content (AvgIpc) is 3.24. The van der Waals surface area contributed by atoms with E-state index < -0.39 is 0 Å². The molecule has 3 rings (SSSR count). The van der Waals surface area contributed by atoms with E-state index in [1.165, 1.54) is 22.7 Å². The van der Waals surface area contributed by atoms with Crippen molar-refractivity contribution in [1.29, 1.82) is 5.26 Å². The van der Waals surface area contributed by atoms with Crippen LogP contribution in [0.25, 0.3) is 11.8 Å². The smallest absolute Gasteiger partial charge is 0.270 e. The number of benzene rings is 1. The molecule has 120 valence electrons. The molecule has 0 bridgehead atoms. The minimum atomic E-state index is -0.0797. The maximum Gasteiger partial charge on any atom is 0.270 e. The maximum atomic E-state index is 12.6. The summed E-state index contributed by atoms with van der Waals surface area (Å²) >= 11 is 2.87. The van der Waals surface area contributed by atoms with Crippen LogP contribution < -0.4 is 20.1 Å². The van der Waals surface area contributed by atoms with E-state index in [9.17, 15) is 10.1 Å². The van der Waals surface area contributed by atoms with Crippen LogP contribution in [-0.4, -0.2) is 4.57 Å². The lowest BCUT2D eigenvalue weighted by Crippen LogP contribution is -2.31. The van der Waals surface area contributed by atoms with Gasteiger partial charge >= 0.3 is 0 Å². The van der Waals surface area contributed by atoms with E-state index in [0.717, 1.165) is 11.3 Å². The van der Waals surface area contributed by atoms with Crippen molar-refractivity contribution >= 4 is 40.1 Å². The van der Waals surface area contributed by atoms with Crippen LogP contribution in [0.1, 0.15) is 12.5 Å². The molecule has 0 aliphatic rings. The molecule has 0 radical (unpaired) electrons. The van der Waals surface area contributed by atoms with Gasteiger partial charge in [0.15, 0.2) is 0 Å². The Labute approximate surface area is 147 Å². The van der Waals surface area contributed by atoms with Crippen LogP contribution in [0.3, 0.4) is 0 Å². The van der Waals surface area contributed by atoms with Crippen molar-refractivity contribution in [2.24, 2.45) is 0 Å². The van der Waals surface area contributed by atoms with E-state index >= 15 is 0 Å². The molecule has 0 aliphatic heterocycles. The van der Waals surface area contributed by atoms with Crippen molar-refractivity contribution in [3.05, 3.63) is 72.3 Å². The summed E-state index contributed by atoms with van der Waals surface area (Å²) in [4.78, 5) is 12.6. The summed E-state index contributed by atoms with van der Waals surface area (Å²) in [6.45, 7) is 2.44. The van der Waals surface area contributed by atoms with Gasteiger partial charge < -0.3 is 5.32 Å². The number of hydrogen-bond acceptors (Lipinski definition) is 5. The summed E-state index contributed by atoms with van der Waals surface area (Å²) in [7, 11) is 0. The Morgan fingerprint density at radius 3 is 2.75 bits per heavy atom. The number of nitriles is 1. The molecular formula is C18H15N3OS2. The minimum absolute atomic E-state index is 0.0797. The van der Waals surface area contributed by atoms with Gasteiger partial charge in [-0.25, -0.2) is 0 Å². The summed E-state index contributed by atoms with van der Waals surface area (Å²) in [5.41, 5.74) is 2.23. The molecule has 0 fully saturated rings. The number of nitrogens with one attached hydrogen (secondary N) is 1. The highest BCUT2D eigenvalue weighted by atomic mass is 32.1. The second-order valence-electron chi connectivity index (χ2n) is 4.97. The van der Waals surface area contributed by atoms with Crippen molar-refractivity contribution in [2.45, 2.75) is 13.5 Å². The molecular weight excluding hydrogens is 338 g/mol. The number of anilines is 1. The molecule has 0 saturated heterocycles. The van der Waals surface area contributed by atoms with E-state index in [2.05, 4.69) is 11.4 Å². The number of nitrogens with zero attached hydrogens (tertiary/aromatic N) is 2. The van der Waals surface area contributed by atoms with Crippen LogP contribution in [0, 0.1) is 11.3 Å². The molecule has 0 saturated carbocycles. The number of hydrogen-bond donors (Lipinski definition) is 1. The Balaban J connectivity index is 2.17. The zero-order valence-electron chi connectivity index (χ0n) is 13.0. The van der Waals surface area contributed by atoms with Crippen molar-refractivity contribution in [3.8, 4) is 6.07 Å². The van der Waals surface area contributed by atoms with Gasteiger partial charge in [-0.05, 0) is 35.9 Å². The second kappa shape index (κ2) is 7.30. The monoisotopic (exact) mass is 353 g/mol. The molecule has 2 aromatic heterocycles. The predicted octanol–water partition coefficient (Wildman–Crippen LogP) is 2.56. The van der Waals surface area contributed by atoms with E-state index in [1.54, 1.807) is 10.8 Å². The number of rotatable bonds is 4. The van der Waals surface area contributed by atoms with Gasteiger partial charge in [-0.3, -0.25) is 9.36 Å². The van der Waals surface area contributed by atoms with Gasteiger partial charge in [0.2, 0.25) is 0 Å². The SMILES string of the molecule is CCn1c(=C(C#N)c2ccsc2)sc(=CNc2ccccc2)c1=O. The fraction of sp³-hybridized carbons (Fsp3) is 0.111. The number of aromatic nitrogens is 1. The fourth-order valence-electron chi connectivity index (χ4n) is 2.32. The Hall–Kier alpha value is -2.62. The highest BCUT2D eigenvalue weighted by Gasteiger charge is 2.10. The number of thiazole rings is 1. The lowest BCUT2D eigenvalue weighted by molar-refractivity contribution is 0.721. The average molecular weight is 353 g/mol. The predicted molar refractivity (Wildman–Crippen MR) is 100 cm³/mol. The third-order valence-electron chi connectivity index (χ3n) is 3.50. The van der Waals surface area contributed by atoms with Crippen LogP contribution in [0.5, 0.6) is 0 Å².